The topological polar surface area (TPSA) is 66.5 Å². The van der Waals surface area contributed by atoms with Crippen molar-refractivity contribution in [1.82, 2.24) is 10.2 Å². The average molecular weight is 287 g/mol. The van der Waals surface area contributed by atoms with Crippen molar-refractivity contribution in [2.24, 2.45) is 0 Å². The van der Waals surface area contributed by atoms with E-state index in [9.17, 15) is 14.4 Å². The molecule has 1 rings (SSSR count). The van der Waals surface area contributed by atoms with Gasteiger partial charge >= 0.3 is 0 Å². The number of amides is 2. The number of hydrogen-bond donors (Lipinski definition) is 1. The molecule has 0 spiro atoms. The molecular formula is C16H19N2O3. The molecule has 5 heteroatoms. The number of rotatable bonds is 6. The van der Waals surface area contributed by atoms with Crippen LogP contribution >= 0.6 is 0 Å². The Balaban J connectivity index is 3.00. The molecule has 5 nitrogen and oxygen atoms in total. The van der Waals surface area contributed by atoms with E-state index in [1.54, 1.807) is 44.5 Å². The number of nitrogens with one attached hydrogen (secondary N) is 1. The van der Waals surface area contributed by atoms with Crippen LogP contribution in [0.3, 0.4) is 0 Å². The van der Waals surface area contributed by atoms with Crippen LogP contribution in [0.15, 0.2) is 30.3 Å². The molecule has 1 unspecified atom stereocenters. The van der Waals surface area contributed by atoms with Gasteiger partial charge in [-0.05, 0) is 31.6 Å². The van der Waals surface area contributed by atoms with Gasteiger partial charge < -0.3 is 10.2 Å². The quantitative estimate of drug-likeness (QED) is 0.804. The van der Waals surface area contributed by atoms with Gasteiger partial charge in [0.2, 0.25) is 12.2 Å². The molecule has 0 aliphatic heterocycles. The van der Waals surface area contributed by atoms with Gasteiger partial charge in [-0.3, -0.25) is 14.4 Å². The van der Waals surface area contributed by atoms with E-state index in [2.05, 4.69) is 5.32 Å². The number of likely N-dealkylation sites (N-methyl/N-ethyl adjacent to an activating group) is 2. The summed E-state index contributed by atoms with van der Waals surface area (Å²) in [7, 11) is 1.58. The first kappa shape index (κ1) is 16.6. The van der Waals surface area contributed by atoms with Crippen molar-refractivity contribution in [2.45, 2.75) is 19.9 Å². The lowest BCUT2D eigenvalue weighted by Crippen LogP contribution is -2.46. The van der Waals surface area contributed by atoms with E-state index in [4.69, 9.17) is 0 Å². The fourth-order valence-corrected chi connectivity index (χ4v) is 1.82. The molecule has 1 aromatic rings. The van der Waals surface area contributed by atoms with E-state index >= 15 is 0 Å². The van der Waals surface area contributed by atoms with Crippen LogP contribution in [0.25, 0.3) is 6.08 Å². The van der Waals surface area contributed by atoms with E-state index in [1.807, 2.05) is 6.92 Å². The molecule has 1 N–H and O–H groups in total. The SMILES string of the molecule is CCNC(=O)C(C)N(C)C(=O)c1ccccc1/C=C/[C]=O. The molecular weight excluding hydrogens is 268 g/mol. The standard InChI is InChI=1S/C16H19N2O3/c1-4-17-15(20)12(2)18(3)16(21)14-10-6-5-8-13(14)9-7-11-19/h5-10,12H,4H2,1-3H3,(H,17,20)/b9-7+. The van der Waals surface area contributed by atoms with Gasteiger partial charge in [-0.2, -0.15) is 0 Å². The van der Waals surface area contributed by atoms with E-state index in [0.717, 1.165) is 0 Å². The lowest BCUT2D eigenvalue weighted by atomic mass is 10.1. The molecule has 1 aromatic carbocycles. The van der Waals surface area contributed by atoms with Crippen molar-refractivity contribution in [1.29, 1.82) is 0 Å². The summed E-state index contributed by atoms with van der Waals surface area (Å²) in [6.07, 6.45) is 4.38. The van der Waals surface area contributed by atoms with Crippen molar-refractivity contribution in [3.63, 3.8) is 0 Å². The van der Waals surface area contributed by atoms with Gasteiger partial charge in [0.15, 0.2) is 0 Å². The highest BCUT2D eigenvalue weighted by molar-refractivity contribution is 6.00. The minimum Gasteiger partial charge on any atom is -0.355 e. The van der Waals surface area contributed by atoms with Crippen LogP contribution in [0.2, 0.25) is 0 Å². The predicted octanol–water partition coefficient (Wildman–Crippen LogP) is 1.41. The van der Waals surface area contributed by atoms with Crippen LogP contribution in [0, 0.1) is 0 Å². The monoisotopic (exact) mass is 287 g/mol. The largest absolute Gasteiger partial charge is 0.355 e. The Bertz CT molecular complexity index is 552. The van der Waals surface area contributed by atoms with Crippen LogP contribution in [0.4, 0.5) is 0 Å². The van der Waals surface area contributed by atoms with Crippen molar-refractivity contribution < 1.29 is 14.4 Å². The van der Waals surface area contributed by atoms with Gasteiger partial charge in [-0.1, -0.05) is 24.3 Å². The molecule has 0 aliphatic rings. The van der Waals surface area contributed by atoms with Crippen molar-refractivity contribution in [3.8, 4) is 0 Å². The molecule has 111 valence electrons. The Labute approximate surface area is 124 Å². The number of nitrogens with zero attached hydrogens (tertiary/aromatic N) is 1. The summed E-state index contributed by atoms with van der Waals surface area (Å²) in [6, 6.07) is 6.32. The maximum absolute atomic E-state index is 12.5. The lowest BCUT2D eigenvalue weighted by Gasteiger charge is -2.24. The average Bonchev–Trinajstić information content (AvgIpc) is 2.51. The minimum atomic E-state index is -0.577. The van der Waals surface area contributed by atoms with E-state index in [-0.39, 0.29) is 11.8 Å². The summed E-state index contributed by atoms with van der Waals surface area (Å²) in [5.74, 6) is -0.484. The van der Waals surface area contributed by atoms with Gasteiger partial charge in [0.1, 0.15) is 6.04 Å². The van der Waals surface area contributed by atoms with E-state index in [0.29, 0.717) is 17.7 Å². The third kappa shape index (κ3) is 4.27. The van der Waals surface area contributed by atoms with Gasteiger partial charge in [-0.15, -0.1) is 0 Å². The molecule has 0 saturated heterocycles. The molecule has 0 heterocycles. The van der Waals surface area contributed by atoms with Crippen molar-refractivity contribution >= 4 is 24.2 Å². The number of allylic oxidation sites excluding steroid dienone is 1. The maximum Gasteiger partial charge on any atom is 0.254 e. The number of carbonyl (C=O) groups is 2. The smallest absolute Gasteiger partial charge is 0.254 e. The molecule has 0 aliphatic carbocycles. The molecule has 0 fully saturated rings. The first-order valence-corrected chi connectivity index (χ1v) is 6.71. The summed E-state index contributed by atoms with van der Waals surface area (Å²) < 4.78 is 0. The highest BCUT2D eigenvalue weighted by atomic mass is 16.2. The van der Waals surface area contributed by atoms with Crippen LogP contribution < -0.4 is 5.32 Å². The second-order valence-corrected chi connectivity index (χ2v) is 4.53. The molecule has 2 amide bonds. The maximum atomic E-state index is 12.5. The summed E-state index contributed by atoms with van der Waals surface area (Å²) in [4.78, 5) is 36.0. The Morgan fingerprint density at radius 1 is 1.38 bits per heavy atom. The Hall–Kier alpha value is -2.43. The van der Waals surface area contributed by atoms with Gasteiger partial charge in [0.05, 0.1) is 0 Å². The fourth-order valence-electron chi connectivity index (χ4n) is 1.82. The van der Waals surface area contributed by atoms with Crippen molar-refractivity contribution in [3.05, 3.63) is 41.5 Å². The van der Waals surface area contributed by atoms with Crippen LogP contribution in [0.1, 0.15) is 29.8 Å². The second-order valence-electron chi connectivity index (χ2n) is 4.53. The lowest BCUT2D eigenvalue weighted by molar-refractivity contribution is -0.124. The first-order valence-electron chi connectivity index (χ1n) is 6.71. The Morgan fingerprint density at radius 2 is 2.05 bits per heavy atom. The molecule has 1 radical (unpaired) electrons. The molecule has 21 heavy (non-hydrogen) atoms. The third-order valence-corrected chi connectivity index (χ3v) is 3.15. The van der Waals surface area contributed by atoms with Crippen LogP contribution in [-0.2, 0) is 9.59 Å². The zero-order valence-electron chi connectivity index (χ0n) is 12.4. The summed E-state index contributed by atoms with van der Waals surface area (Å²) in [5.41, 5.74) is 1.04. The molecule has 1 atom stereocenters. The van der Waals surface area contributed by atoms with E-state index in [1.165, 1.54) is 17.1 Å². The zero-order valence-corrected chi connectivity index (χ0v) is 12.4. The van der Waals surface area contributed by atoms with Crippen LogP contribution in [0.5, 0.6) is 0 Å². The summed E-state index contributed by atoms with van der Waals surface area (Å²) >= 11 is 0. The predicted molar refractivity (Wildman–Crippen MR) is 81.4 cm³/mol. The third-order valence-electron chi connectivity index (χ3n) is 3.15. The van der Waals surface area contributed by atoms with Gasteiger partial charge in [0.25, 0.3) is 5.91 Å². The normalized spacial score (nSPS) is 12.0. The highest BCUT2D eigenvalue weighted by Gasteiger charge is 2.23. The zero-order chi connectivity index (χ0) is 15.8. The molecule has 0 saturated carbocycles. The molecule has 0 aromatic heterocycles. The van der Waals surface area contributed by atoms with Crippen molar-refractivity contribution in [2.75, 3.05) is 13.6 Å². The minimum absolute atomic E-state index is 0.206. The summed E-state index contributed by atoms with van der Waals surface area (Å²) in [6.45, 7) is 4.00. The number of carbonyl (C=O) groups excluding carboxylic acids is 3. The Kier molecular flexibility index (Phi) is 6.33. The van der Waals surface area contributed by atoms with E-state index < -0.39 is 6.04 Å². The fraction of sp³-hybridized carbons (Fsp3) is 0.312. The van der Waals surface area contributed by atoms with Crippen LogP contribution in [-0.4, -0.2) is 42.6 Å². The second kappa shape index (κ2) is 7.99. The number of hydrogen-bond acceptors (Lipinski definition) is 3. The number of benzene rings is 1. The first-order chi connectivity index (χ1) is 10.0. The van der Waals surface area contributed by atoms with Gasteiger partial charge in [-0.25, -0.2) is 0 Å². The Morgan fingerprint density at radius 3 is 2.67 bits per heavy atom. The summed E-state index contributed by atoms with van der Waals surface area (Å²) in [5, 5.41) is 2.68. The highest BCUT2D eigenvalue weighted by Crippen LogP contribution is 2.14. The molecule has 0 bridgehead atoms. The van der Waals surface area contributed by atoms with Gasteiger partial charge in [0, 0.05) is 19.2 Å².